The molecule has 17 nitrogen and oxygen atoms in total. The largest absolute Gasteiger partial charge is 3.00 e. The van der Waals surface area contributed by atoms with Gasteiger partial charge >= 0.3 is 17.4 Å². The van der Waals surface area contributed by atoms with Gasteiger partial charge in [-0.25, -0.2) is 33.7 Å². The normalized spacial score (nSPS) is 12.2. The first-order chi connectivity index (χ1) is 8.41. The molecule has 0 rings (SSSR count). The van der Waals surface area contributed by atoms with Gasteiger partial charge in [-0.05, 0) is 0 Å². The summed E-state index contributed by atoms with van der Waals surface area (Å²) < 4.78 is 123. The van der Waals surface area contributed by atoms with Crippen molar-refractivity contribution >= 4 is 41.6 Å². The Morgan fingerprint density at radius 3 is 0.591 bits per heavy atom. The maximum atomic E-state index is 9.37. The third kappa shape index (κ3) is 36.8. The van der Waals surface area contributed by atoms with Crippen LogP contribution in [0.3, 0.4) is 0 Å². The van der Waals surface area contributed by atoms with Gasteiger partial charge in [-0.3, -0.25) is 0 Å². The molecule has 0 bridgehead atoms. The molecule has 0 aromatic rings. The molecule has 0 aliphatic carbocycles. The van der Waals surface area contributed by atoms with E-state index in [2.05, 4.69) is 17.3 Å². The summed E-state index contributed by atoms with van der Waals surface area (Å²) in [5, 5.41) is 0. The molecule has 0 aromatic carbocycles. The molecule has 0 heterocycles. The molecule has 1 radical (unpaired) electrons. The van der Waals surface area contributed by atoms with Crippen LogP contribution in [-0.2, 0) is 76.3 Å². The average molecular weight is 454 g/mol. The van der Waals surface area contributed by atoms with Crippen LogP contribution >= 0.6 is 0 Å². The minimum Gasteiger partial charge on any atom is -0.724 e. The molecule has 0 aliphatic heterocycles. The molecule has 0 fully saturated rings. The summed E-state index contributed by atoms with van der Waals surface area (Å²) >= 11 is 0. The zero-order valence-electron chi connectivity index (χ0n) is 9.57. The summed E-state index contributed by atoms with van der Waals surface area (Å²) in [6.45, 7) is 0. The van der Waals surface area contributed by atoms with Gasteiger partial charge in [-0.1, -0.05) is 0 Å². The van der Waals surface area contributed by atoms with Crippen LogP contribution in [0.5, 0.6) is 0 Å². The van der Waals surface area contributed by atoms with Gasteiger partial charge in [-0.15, -0.1) is 17.3 Å². The maximum Gasteiger partial charge on any atom is 3.00 e. The zero-order chi connectivity index (χ0) is 16.8. The summed E-state index contributed by atoms with van der Waals surface area (Å²) in [4.78, 5) is 0. The van der Waals surface area contributed by atoms with Crippen LogP contribution < -0.4 is 6.15 Å². The molecule has 22 heteroatoms. The van der Waals surface area contributed by atoms with E-state index in [0.717, 1.165) is 0 Å². The Hall–Kier alpha value is -0.0275. The summed E-state index contributed by atoms with van der Waals surface area (Å²) in [5.74, 6) is 0. The standard InChI is InChI=1S/Cr.H3N.2H2O8S2/c;;2*1-9(2,3)7-8-10(4,5)6/h;1H3;2*(H,1,2,3)(H,4,5,6)/q+3;;;/p-3. The van der Waals surface area contributed by atoms with Crippen LogP contribution in [0.4, 0.5) is 0 Å². The first-order valence-corrected chi connectivity index (χ1v) is 8.33. The molecule has 22 heavy (non-hydrogen) atoms. The Morgan fingerprint density at radius 2 is 0.545 bits per heavy atom. The van der Waals surface area contributed by atoms with Crippen molar-refractivity contribution in [2.75, 3.05) is 0 Å². The van der Waals surface area contributed by atoms with Crippen molar-refractivity contribution in [1.29, 1.82) is 0 Å². The van der Waals surface area contributed by atoms with Gasteiger partial charge in [0.2, 0.25) is 41.6 Å². The van der Waals surface area contributed by atoms with Crippen molar-refractivity contribution in [1.82, 2.24) is 6.15 Å². The van der Waals surface area contributed by atoms with E-state index in [9.17, 15) is 51.9 Å². The molecule has 0 atom stereocenters. The molecule has 0 aliphatic rings. The second kappa shape index (κ2) is 10.7. The Labute approximate surface area is 134 Å². The predicted molar refractivity (Wildman–Crippen MR) is 49.1 cm³/mol. The molecular weight excluding hydrogens is 450 g/mol. The molecule has 135 valence electrons. The van der Waals surface area contributed by atoms with Crippen LogP contribution in [0.15, 0.2) is 0 Å². The van der Waals surface area contributed by atoms with E-state index in [1.807, 2.05) is 0 Å². The van der Waals surface area contributed by atoms with Crippen molar-refractivity contribution in [3.05, 3.63) is 0 Å². The van der Waals surface area contributed by atoms with Crippen LogP contribution in [0.1, 0.15) is 0 Å². The van der Waals surface area contributed by atoms with Crippen LogP contribution in [0, 0.1) is 0 Å². The van der Waals surface area contributed by atoms with Crippen LogP contribution in [0.2, 0.25) is 0 Å². The first kappa shape index (κ1) is 29.9. The van der Waals surface area contributed by atoms with E-state index in [-0.39, 0.29) is 23.5 Å². The topological polar surface area (TPSA) is 302 Å². The fraction of sp³-hybridized carbons (Fsp3) is 0. The summed E-state index contributed by atoms with van der Waals surface area (Å²) in [6, 6.07) is 0. The maximum absolute atomic E-state index is 9.37. The molecular formula is H4CrNO16S4. The van der Waals surface area contributed by atoms with E-state index in [1.54, 1.807) is 0 Å². The number of quaternary nitrogens is 1. The van der Waals surface area contributed by atoms with Gasteiger partial charge < -0.3 is 24.4 Å². The van der Waals surface area contributed by atoms with Gasteiger partial charge in [0.1, 0.15) is 0 Å². The van der Waals surface area contributed by atoms with Gasteiger partial charge in [0.25, 0.3) is 0 Å². The number of hydrogen-bond acceptors (Lipinski definition) is 16. The fourth-order valence-corrected chi connectivity index (χ4v) is 1.22. The van der Waals surface area contributed by atoms with E-state index >= 15 is 0 Å². The monoisotopic (exact) mass is 454 g/mol. The van der Waals surface area contributed by atoms with Crippen molar-refractivity contribution in [2.24, 2.45) is 0 Å². The second-order valence-corrected chi connectivity index (χ2v) is 5.72. The van der Waals surface area contributed by atoms with Crippen molar-refractivity contribution < 1.29 is 86.6 Å². The van der Waals surface area contributed by atoms with E-state index in [4.69, 9.17) is 0 Å². The van der Waals surface area contributed by atoms with Gasteiger partial charge in [0.05, 0.1) is 0 Å². The zero-order valence-corrected chi connectivity index (χ0v) is 14.1. The predicted octanol–water partition coefficient (Wildman–Crippen LogP) is -3.92. The van der Waals surface area contributed by atoms with Gasteiger partial charge in [-0.2, -0.15) is 0 Å². The first-order valence-electron chi connectivity index (χ1n) is 3.00. The molecule has 0 spiro atoms. The molecule has 0 saturated carbocycles. The summed E-state index contributed by atoms with van der Waals surface area (Å²) in [7, 11) is -21.2. The fourth-order valence-electron chi connectivity index (χ4n) is 0.136. The van der Waals surface area contributed by atoms with Crippen molar-refractivity contribution in [3.63, 3.8) is 0 Å². The van der Waals surface area contributed by atoms with Gasteiger partial charge in [0.15, 0.2) is 0 Å². The SMILES string of the molecule is O=S(=O)([O-])OOS(=O)(=O)[O-].O=S(=O)([O-])OOS(=O)(=O)[O-].[Cr+3].[NH4+]. The molecule has 0 saturated heterocycles. The number of hydrogen-bond donors (Lipinski definition) is 1. The summed E-state index contributed by atoms with van der Waals surface area (Å²) in [5.41, 5.74) is 0. The smallest absolute Gasteiger partial charge is 0.724 e. The molecule has 0 unspecified atom stereocenters. The Kier molecular flexibility index (Phi) is 14.5. The Balaban J connectivity index is -0.000000135. The Bertz CT molecular complexity index is 562. The van der Waals surface area contributed by atoms with Crippen LogP contribution in [0.25, 0.3) is 0 Å². The number of rotatable bonds is 6. The van der Waals surface area contributed by atoms with Crippen molar-refractivity contribution in [2.45, 2.75) is 0 Å². The molecule has 4 N–H and O–H groups in total. The third-order valence-corrected chi connectivity index (χ3v) is 1.50. The average Bonchev–Trinajstić information content (AvgIpc) is 2.09. The molecule has 0 amide bonds. The van der Waals surface area contributed by atoms with Crippen LogP contribution in [-0.4, -0.2) is 51.9 Å². The quantitative estimate of drug-likeness (QED) is 0.173. The minimum atomic E-state index is -5.31. The van der Waals surface area contributed by atoms with E-state index in [0.29, 0.717) is 0 Å². The molecule has 0 aromatic heterocycles. The van der Waals surface area contributed by atoms with E-state index in [1.165, 1.54) is 0 Å². The third-order valence-electron chi connectivity index (χ3n) is 0.389. The van der Waals surface area contributed by atoms with Gasteiger partial charge in [0, 0.05) is 0 Å². The second-order valence-electron chi connectivity index (χ2n) is 1.91. The van der Waals surface area contributed by atoms with E-state index < -0.39 is 41.6 Å². The summed E-state index contributed by atoms with van der Waals surface area (Å²) in [6.07, 6.45) is 0. The van der Waals surface area contributed by atoms with Crippen molar-refractivity contribution in [3.8, 4) is 0 Å². The minimum absolute atomic E-state index is 0. The Morgan fingerprint density at radius 1 is 0.455 bits per heavy atom.